The summed E-state index contributed by atoms with van der Waals surface area (Å²) in [5.74, 6) is -0.877. The molecule has 1 atom stereocenters. The number of carbonyl (C=O) groups is 1. The molecule has 0 amide bonds. The number of rotatable bonds is 1. The van der Waals surface area contributed by atoms with Gasteiger partial charge in [0.05, 0.1) is 5.25 Å². The van der Waals surface area contributed by atoms with Crippen LogP contribution in [0.15, 0.2) is 0 Å². The predicted octanol–water partition coefficient (Wildman–Crippen LogP) is 2.83. The minimum Gasteiger partial charge on any atom is -0.480 e. The molecule has 0 aliphatic carbocycles. The zero-order valence-corrected chi connectivity index (χ0v) is 9.48. The van der Waals surface area contributed by atoms with Crippen molar-refractivity contribution in [1.82, 2.24) is 0 Å². The Kier molecular flexibility index (Phi) is 7.59. The first-order valence-corrected chi connectivity index (χ1v) is 4.63. The van der Waals surface area contributed by atoms with E-state index < -0.39 is 11.2 Å². The average molecular weight is 192 g/mol. The number of hydrogen-bond donors (Lipinski definition) is 2. The van der Waals surface area contributed by atoms with Gasteiger partial charge in [0.2, 0.25) is 0 Å². The Morgan fingerprint density at radius 2 is 1.67 bits per heavy atom. The highest BCUT2D eigenvalue weighted by Crippen LogP contribution is 2.16. The molecule has 2 nitrogen and oxygen atoms in total. The number of hydrogen-bond acceptors (Lipinski definition) is 2. The Labute approximate surface area is 80.8 Å². The molecule has 0 radical (unpaired) electrons. The lowest BCUT2D eigenvalue weighted by Gasteiger charge is -2.12. The summed E-state index contributed by atoms with van der Waals surface area (Å²) in [6.07, 6.45) is 1.27. The largest absolute Gasteiger partial charge is 0.480 e. The quantitative estimate of drug-likeness (QED) is 0.627. The van der Waals surface area contributed by atoms with Crippen LogP contribution in [-0.2, 0) is 4.79 Å². The molecule has 0 spiro atoms. The molecule has 0 bridgehead atoms. The Morgan fingerprint density at radius 3 is 1.67 bits per heavy atom. The minimum absolute atomic E-state index is 0.537. The van der Waals surface area contributed by atoms with Crippen molar-refractivity contribution in [2.75, 3.05) is 0 Å². The van der Waals surface area contributed by atoms with Gasteiger partial charge in [-0.2, -0.15) is 12.6 Å². The summed E-state index contributed by atoms with van der Waals surface area (Å²) in [5, 5.41) is 7.38. The maximum absolute atomic E-state index is 9.62. The third-order valence-electron chi connectivity index (χ3n) is 1.42. The van der Waals surface area contributed by atoms with Gasteiger partial charge in [-0.15, -0.1) is 0 Å². The van der Waals surface area contributed by atoms with Crippen molar-refractivity contribution >= 4 is 18.6 Å². The van der Waals surface area contributed by atoms with Gasteiger partial charge in [-0.25, -0.2) is 0 Å². The maximum atomic E-state index is 9.62. The molecule has 0 heterocycles. The van der Waals surface area contributed by atoms with Crippen LogP contribution < -0.4 is 0 Å². The first-order chi connectivity index (χ1) is 5.20. The second kappa shape index (κ2) is 6.35. The van der Waals surface area contributed by atoms with Crippen molar-refractivity contribution in [1.29, 1.82) is 0 Å². The fourth-order valence-corrected chi connectivity index (χ4v) is 0. The highest BCUT2D eigenvalue weighted by Gasteiger charge is 2.03. The first kappa shape index (κ1) is 14.3. The Balaban J connectivity index is 0. The molecule has 12 heavy (non-hydrogen) atoms. The van der Waals surface area contributed by atoms with E-state index in [0.29, 0.717) is 5.41 Å². The van der Waals surface area contributed by atoms with Crippen LogP contribution in [0.4, 0.5) is 0 Å². The van der Waals surface area contributed by atoms with Crippen LogP contribution in [0, 0.1) is 5.41 Å². The van der Waals surface area contributed by atoms with Crippen molar-refractivity contribution in [3.8, 4) is 0 Å². The lowest BCUT2D eigenvalue weighted by Crippen LogP contribution is -2.06. The van der Waals surface area contributed by atoms with E-state index in [-0.39, 0.29) is 0 Å². The summed E-state index contributed by atoms with van der Waals surface area (Å²) in [4.78, 5) is 9.62. The summed E-state index contributed by atoms with van der Waals surface area (Å²) in [6.45, 7) is 10.4. The molecule has 0 rings (SSSR count). The number of carboxylic acid groups (broad SMARTS) is 1. The monoisotopic (exact) mass is 192 g/mol. The highest BCUT2D eigenvalue weighted by molar-refractivity contribution is 7.81. The van der Waals surface area contributed by atoms with Crippen LogP contribution >= 0.6 is 12.6 Å². The van der Waals surface area contributed by atoms with Crippen LogP contribution in [0.1, 0.15) is 41.0 Å². The SMILES string of the molecule is CC(S)C(=O)O.CCC(C)(C)C. The van der Waals surface area contributed by atoms with Gasteiger partial charge in [0.15, 0.2) is 0 Å². The topological polar surface area (TPSA) is 37.3 Å². The van der Waals surface area contributed by atoms with Crippen LogP contribution in [0.25, 0.3) is 0 Å². The van der Waals surface area contributed by atoms with E-state index in [1.165, 1.54) is 13.3 Å². The molecule has 0 aliphatic heterocycles. The van der Waals surface area contributed by atoms with Crippen molar-refractivity contribution < 1.29 is 9.90 Å². The van der Waals surface area contributed by atoms with Crippen molar-refractivity contribution in [3.63, 3.8) is 0 Å². The van der Waals surface area contributed by atoms with Gasteiger partial charge in [-0.3, -0.25) is 4.79 Å². The van der Waals surface area contributed by atoms with Crippen LogP contribution in [0.5, 0.6) is 0 Å². The Bertz CT molecular complexity index is 125. The van der Waals surface area contributed by atoms with Gasteiger partial charge < -0.3 is 5.11 Å². The van der Waals surface area contributed by atoms with Gasteiger partial charge in [0.25, 0.3) is 0 Å². The third-order valence-corrected chi connectivity index (χ3v) is 1.64. The smallest absolute Gasteiger partial charge is 0.316 e. The van der Waals surface area contributed by atoms with E-state index in [9.17, 15) is 4.79 Å². The molecule has 0 saturated heterocycles. The molecule has 1 N–H and O–H groups in total. The van der Waals surface area contributed by atoms with Crippen LogP contribution in [-0.4, -0.2) is 16.3 Å². The maximum Gasteiger partial charge on any atom is 0.316 e. The molecule has 0 aromatic rings. The predicted molar refractivity (Wildman–Crippen MR) is 55.8 cm³/mol. The number of thiol groups is 1. The van der Waals surface area contributed by atoms with Crippen molar-refractivity contribution in [2.45, 2.75) is 46.3 Å². The Hall–Kier alpha value is -0.180. The summed E-state index contributed by atoms with van der Waals surface area (Å²) >= 11 is 3.59. The lowest BCUT2D eigenvalue weighted by atomic mass is 9.94. The molecular weight excluding hydrogens is 172 g/mol. The molecule has 0 fully saturated rings. The van der Waals surface area contributed by atoms with Crippen molar-refractivity contribution in [2.24, 2.45) is 5.41 Å². The van der Waals surface area contributed by atoms with E-state index >= 15 is 0 Å². The molecule has 74 valence electrons. The van der Waals surface area contributed by atoms with Gasteiger partial charge >= 0.3 is 5.97 Å². The van der Waals surface area contributed by atoms with Crippen molar-refractivity contribution in [3.05, 3.63) is 0 Å². The number of carboxylic acids is 1. The summed E-state index contributed by atoms with van der Waals surface area (Å²) in [6, 6.07) is 0. The van der Waals surface area contributed by atoms with Gasteiger partial charge in [-0.1, -0.05) is 34.1 Å². The molecule has 0 aromatic heterocycles. The fourth-order valence-electron chi connectivity index (χ4n) is 0. The molecule has 1 unspecified atom stereocenters. The van der Waals surface area contributed by atoms with Gasteiger partial charge in [-0.05, 0) is 12.3 Å². The normalized spacial score (nSPS) is 12.8. The highest BCUT2D eigenvalue weighted by atomic mass is 32.1. The molecule has 3 heteroatoms. The Morgan fingerprint density at radius 1 is 1.50 bits per heavy atom. The molecule has 0 saturated carbocycles. The first-order valence-electron chi connectivity index (χ1n) is 4.11. The summed E-state index contributed by atoms with van der Waals surface area (Å²) in [5.41, 5.74) is 0.542. The molecule has 0 aromatic carbocycles. The van der Waals surface area contributed by atoms with E-state index in [4.69, 9.17) is 5.11 Å². The molecular formula is C9H20O2S. The zero-order valence-electron chi connectivity index (χ0n) is 8.59. The van der Waals surface area contributed by atoms with E-state index in [0.717, 1.165) is 0 Å². The standard InChI is InChI=1S/C6H14.C3H6O2S/c1-5-6(2,3)4;1-2(6)3(4)5/h5H2,1-4H3;2,6H,1H3,(H,4,5). The van der Waals surface area contributed by atoms with E-state index in [1.807, 2.05) is 0 Å². The lowest BCUT2D eigenvalue weighted by molar-refractivity contribution is -0.136. The molecule has 0 aliphatic rings. The summed E-state index contributed by atoms with van der Waals surface area (Å²) in [7, 11) is 0. The van der Waals surface area contributed by atoms with E-state index in [1.54, 1.807) is 0 Å². The average Bonchev–Trinajstić information content (AvgIpc) is 1.87. The third kappa shape index (κ3) is 16.4. The van der Waals surface area contributed by atoms with Crippen LogP contribution in [0.2, 0.25) is 0 Å². The summed E-state index contributed by atoms with van der Waals surface area (Å²) < 4.78 is 0. The van der Waals surface area contributed by atoms with Crippen LogP contribution in [0.3, 0.4) is 0 Å². The second-order valence-corrected chi connectivity index (χ2v) is 4.70. The van der Waals surface area contributed by atoms with Gasteiger partial charge in [0, 0.05) is 0 Å². The van der Waals surface area contributed by atoms with E-state index in [2.05, 4.69) is 40.3 Å². The minimum atomic E-state index is -0.877. The fraction of sp³-hybridized carbons (Fsp3) is 0.889. The zero-order chi connectivity index (χ0) is 10.4. The van der Waals surface area contributed by atoms with Gasteiger partial charge in [0.1, 0.15) is 0 Å². The second-order valence-electron chi connectivity index (χ2n) is 3.93. The number of aliphatic carboxylic acids is 1.